The summed E-state index contributed by atoms with van der Waals surface area (Å²) in [6, 6.07) is 7.65. The molecule has 5 N–H and O–H groups in total. The summed E-state index contributed by atoms with van der Waals surface area (Å²) in [4.78, 5) is 34.9. The number of nitrogens with zero attached hydrogens (tertiary/aromatic N) is 7. The number of anilines is 4. The number of aryl methyl sites for hydroxylation is 3. The average molecular weight is 572 g/mol. The highest BCUT2D eigenvalue weighted by Crippen LogP contribution is 2.33. The lowest BCUT2D eigenvalue weighted by Gasteiger charge is -2.16. The second-order valence-corrected chi connectivity index (χ2v) is 10.3. The molecule has 1 fully saturated rings. The van der Waals surface area contributed by atoms with E-state index in [4.69, 9.17) is 15.5 Å². The fraction of sp³-hybridized carbons (Fsp3) is 0.286. The third-order valence-corrected chi connectivity index (χ3v) is 7.18. The minimum Gasteiger partial charge on any atom is -0.471 e. The Kier molecular flexibility index (Phi) is 7.12. The standard InChI is InChI=1S/C28H30FN11O2/c1-15-10-33-28(35-22-9-16(2)39(3)38-22)36-24(15)19-11-31-25-18(19)5-4-6-21(25)34-23(41)14-40-8-7-17(13-40)42-26-20(29)12-32-27(30)37-26/h4-6,9-12,17,31H,7-8,13-14H2,1-3H3,(H,34,41)(H2,30,32,37)(H,33,35,36,38). The first-order chi connectivity index (χ1) is 20.2. The van der Waals surface area contributed by atoms with Crippen molar-refractivity contribution in [3.63, 3.8) is 0 Å². The number of likely N-dealkylation sites (tertiary alicyclic amines) is 1. The van der Waals surface area contributed by atoms with Gasteiger partial charge in [-0.05, 0) is 31.9 Å². The highest BCUT2D eigenvalue weighted by atomic mass is 19.1. The predicted octanol–water partition coefficient (Wildman–Crippen LogP) is 3.32. The molecule has 5 aromatic rings. The molecule has 0 radical (unpaired) electrons. The molecular weight excluding hydrogens is 541 g/mol. The van der Waals surface area contributed by atoms with Gasteiger partial charge < -0.3 is 26.1 Å². The van der Waals surface area contributed by atoms with E-state index in [1.165, 1.54) is 0 Å². The van der Waals surface area contributed by atoms with Crippen LogP contribution in [-0.2, 0) is 11.8 Å². The van der Waals surface area contributed by atoms with E-state index in [1.807, 2.05) is 56.3 Å². The van der Waals surface area contributed by atoms with Crippen molar-refractivity contribution in [2.75, 3.05) is 36.0 Å². The lowest BCUT2D eigenvalue weighted by Crippen LogP contribution is -2.33. The Hall–Kier alpha value is -5.11. The van der Waals surface area contributed by atoms with E-state index in [1.54, 1.807) is 10.9 Å². The van der Waals surface area contributed by atoms with Crippen molar-refractivity contribution in [1.82, 2.24) is 39.6 Å². The molecule has 6 rings (SSSR count). The largest absolute Gasteiger partial charge is 0.471 e. The van der Waals surface area contributed by atoms with Crippen LogP contribution in [0.1, 0.15) is 17.7 Å². The number of carbonyl (C=O) groups excluding carboxylic acids is 1. The molecule has 1 atom stereocenters. The number of hydrogen-bond donors (Lipinski definition) is 4. The number of nitrogen functional groups attached to an aromatic ring is 1. The Bertz CT molecular complexity index is 1760. The second kappa shape index (κ2) is 11.0. The van der Waals surface area contributed by atoms with Crippen molar-refractivity contribution in [3.8, 4) is 17.1 Å². The summed E-state index contributed by atoms with van der Waals surface area (Å²) in [7, 11) is 1.88. The van der Waals surface area contributed by atoms with Gasteiger partial charge in [0.1, 0.15) is 6.10 Å². The summed E-state index contributed by atoms with van der Waals surface area (Å²) in [5, 5.41) is 11.5. The van der Waals surface area contributed by atoms with Gasteiger partial charge in [0.05, 0.1) is 29.6 Å². The van der Waals surface area contributed by atoms with Crippen LogP contribution in [0.2, 0.25) is 0 Å². The van der Waals surface area contributed by atoms with Crippen molar-refractivity contribution >= 4 is 40.2 Å². The molecule has 0 saturated carbocycles. The van der Waals surface area contributed by atoms with E-state index in [9.17, 15) is 9.18 Å². The normalized spacial score (nSPS) is 15.3. The maximum absolute atomic E-state index is 14.0. The number of H-pyrrole nitrogens is 1. The summed E-state index contributed by atoms with van der Waals surface area (Å²) in [5.41, 5.74) is 10.6. The lowest BCUT2D eigenvalue weighted by molar-refractivity contribution is -0.117. The molecule has 0 spiro atoms. The Balaban J connectivity index is 1.14. The first-order valence-electron chi connectivity index (χ1n) is 13.4. The first-order valence-corrected chi connectivity index (χ1v) is 13.4. The molecule has 1 amide bonds. The predicted molar refractivity (Wildman–Crippen MR) is 156 cm³/mol. The van der Waals surface area contributed by atoms with Gasteiger partial charge in [0.15, 0.2) is 5.82 Å². The summed E-state index contributed by atoms with van der Waals surface area (Å²) >= 11 is 0. The number of rotatable bonds is 8. The van der Waals surface area contributed by atoms with Crippen LogP contribution in [0.5, 0.6) is 5.88 Å². The van der Waals surface area contributed by atoms with Gasteiger partial charge in [0, 0.05) is 55.2 Å². The molecule has 4 aromatic heterocycles. The van der Waals surface area contributed by atoms with Crippen molar-refractivity contribution < 1.29 is 13.9 Å². The van der Waals surface area contributed by atoms with Gasteiger partial charge >= 0.3 is 0 Å². The third-order valence-electron chi connectivity index (χ3n) is 7.18. The Labute approximate surface area is 240 Å². The summed E-state index contributed by atoms with van der Waals surface area (Å²) in [6.45, 7) is 5.16. The number of para-hydroxylation sites is 1. The molecule has 5 heterocycles. The average Bonchev–Trinajstić information content (AvgIpc) is 3.66. The Morgan fingerprint density at radius 2 is 2.10 bits per heavy atom. The molecular formula is C28H30FN11O2. The molecule has 13 nitrogen and oxygen atoms in total. The number of aromatic amines is 1. The van der Waals surface area contributed by atoms with Crippen molar-refractivity contribution in [2.24, 2.45) is 7.05 Å². The maximum atomic E-state index is 14.0. The second-order valence-electron chi connectivity index (χ2n) is 10.3. The van der Waals surface area contributed by atoms with Gasteiger partial charge in [0.2, 0.25) is 23.6 Å². The van der Waals surface area contributed by atoms with Crippen LogP contribution >= 0.6 is 0 Å². The molecule has 0 aliphatic carbocycles. The van der Waals surface area contributed by atoms with E-state index < -0.39 is 5.82 Å². The number of nitrogens with two attached hydrogens (primary N) is 1. The fourth-order valence-corrected chi connectivity index (χ4v) is 5.00. The summed E-state index contributed by atoms with van der Waals surface area (Å²) in [5.74, 6) is 0.0104. The highest BCUT2D eigenvalue weighted by Gasteiger charge is 2.27. The first kappa shape index (κ1) is 27.1. The van der Waals surface area contributed by atoms with Crippen LogP contribution in [-0.4, -0.2) is 71.2 Å². The molecule has 1 aliphatic rings. The van der Waals surface area contributed by atoms with E-state index in [-0.39, 0.29) is 30.4 Å². The Morgan fingerprint density at radius 1 is 1.24 bits per heavy atom. The van der Waals surface area contributed by atoms with Crippen LogP contribution < -0.4 is 21.1 Å². The number of amides is 1. The number of fused-ring (bicyclic) bond motifs is 1. The molecule has 14 heteroatoms. The zero-order chi connectivity index (χ0) is 29.4. The number of carbonyl (C=O) groups is 1. The van der Waals surface area contributed by atoms with Crippen LogP contribution in [0.4, 0.5) is 27.8 Å². The zero-order valence-electron chi connectivity index (χ0n) is 23.3. The van der Waals surface area contributed by atoms with E-state index >= 15 is 0 Å². The minimum atomic E-state index is -0.674. The summed E-state index contributed by atoms with van der Waals surface area (Å²) in [6.07, 6.45) is 4.95. The number of hydrogen-bond acceptors (Lipinski definition) is 10. The number of benzene rings is 1. The van der Waals surface area contributed by atoms with Crippen LogP contribution in [0.25, 0.3) is 22.2 Å². The molecule has 1 aromatic carbocycles. The lowest BCUT2D eigenvalue weighted by atomic mass is 10.1. The topological polar surface area (TPSA) is 165 Å². The van der Waals surface area contributed by atoms with Crippen molar-refractivity contribution in [2.45, 2.75) is 26.4 Å². The van der Waals surface area contributed by atoms with Gasteiger partial charge in [0.25, 0.3) is 5.88 Å². The van der Waals surface area contributed by atoms with Crippen LogP contribution in [0.15, 0.2) is 42.9 Å². The minimum absolute atomic E-state index is 0.0613. The fourth-order valence-electron chi connectivity index (χ4n) is 5.00. The smallest absolute Gasteiger partial charge is 0.255 e. The Morgan fingerprint density at radius 3 is 2.90 bits per heavy atom. The zero-order valence-corrected chi connectivity index (χ0v) is 23.3. The highest BCUT2D eigenvalue weighted by molar-refractivity contribution is 6.06. The SMILES string of the molecule is Cc1cnc(Nc2cc(C)n(C)n2)nc1-c1c[nH]c2c(NC(=O)CN3CCC(Oc4nc(N)ncc4F)C3)cccc12. The van der Waals surface area contributed by atoms with Gasteiger partial charge in [-0.25, -0.2) is 15.0 Å². The van der Waals surface area contributed by atoms with Crippen LogP contribution in [0.3, 0.4) is 0 Å². The molecule has 216 valence electrons. The molecule has 0 bridgehead atoms. The van der Waals surface area contributed by atoms with Gasteiger partial charge in [-0.3, -0.25) is 14.4 Å². The third kappa shape index (κ3) is 5.56. The number of aromatic nitrogens is 7. The summed E-state index contributed by atoms with van der Waals surface area (Å²) < 4.78 is 21.4. The molecule has 1 aliphatic heterocycles. The van der Waals surface area contributed by atoms with Gasteiger partial charge in [-0.1, -0.05) is 12.1 Å². The van der Waals surface area contributed by atoms with Gasteiger partial charge in [-0.15, -0.1) is 0 Å². The number of ether oxygens (including phenoxy) is 1. The number of nitrogens with one attached hydrogen (secondary N) is 3. The van der Waals surface area contributed by atoms with E-state index in [2.05, 4.69) is 35.7 Å². The maximum Gasteiger partial charge on any atom is 0.255 e. The van der Waals surface area contributed by atoms with E-state index in [0.29, 0.717) is 37.0 Å². The molecule has 1 unspecified atom stereocenters. The molecule has 42 heavy (non-hydrogen) atoms. The van der Waals surface area contributed by atoms with E-state index in [0.717, 1.165) is 39.6 Å². The van der Waals surface area contributed by atoms with Gasteiger partial charge in [-0.2, -0.15) is 14.5 Å². The number of halogens is 1. The van der Waals surface area contributed by atoms with Crippen molar-refractivity contribution in [1.29, 1.82) is 0 Å². The monoisotopic (exact) mass is 571 g/mol. The quantitative estimate of drug-likeness (QED) is 0.217. The van der Waals surface area contributed by atoms with Crippen molar-refractivity contribution in [3.05, 3.63) is 59.9 Å². The molecule has 1 saturated heterocycles. The van der Waals surface area contributed by atoms with Crippen LogP contribution in [0, 0.1) is 19.7 Å².